The van der Waals surface area contributed by atoms with Crippen molar-refractivity contribution in [2.45, 2.75) is 90.1 Å². The smallest absolute Gasteiger partial charge is 0.260 e. The van der Waals surface area contributed by atoms with Gasteiger partial charge in [0.05, 0.1) is 22.2 Å². The van der Waals surface area contributed by atoms with Crippen molar-refractivity contribution in [1.29, 1.82) is 0 Å². The molecule has 1 saturated carbocycles. The lowest BCUT2D eigenvalue weighted by Gasteiger charge is -2.19. The topological polar surface area (TPSA) is 127 Å². The Bertz CT molecular complexity index is 1100. The SMILES string of the molecule is C#CC/C=C\C.C=C(C)C.C=N/C(C)=C(\SC)C(=O)NC(CC1CCCC1)C(N)=O.CNCC(=O)CCCSc1ccccn1. The molecule has 2 rings (SSSR count). The summed E-state index contributed by atoms with van der Waals surface area (Å²) in [6.07, 6.45) is 19.9. The van der Waals surface area contributed by atoms with Crippen LogP contribution in [0.4, 0.5) is 0 Å². The fourth-order valence-corrected chi connectivity index (χ4v) is 5.29. The van der Waals surface area contributed by atoms with Crippen LogP contribution in [0.25, 0.3) is 0 Å². The Morgan fingerprint density at radius 2 is 1.89 bits per heavy atom. The molecule has 1 aromatic rings. The lowest BCUT2D eigenvalue weighted by Crippen LogP contribution is -2.45. The Hall–Kier alpha value is -3.13. The van der Waals surface area contributed by atoms with Crippen molar-refractivity contribution in [3.63, 3.8) is 0 Å². The summed E-state index contributed by atoms with van der Waals surface area (Å²) in [5, 5.41) is 6.61. The van der Waals surface area contributed by atoms with E-state index in [1.165, 1.54) is 30.2 Å². The highest BCUT2D eigenvalue weighted by Gasteiger charge is 2.26. The van der Waals surface area contributed by atoms with Crippen LogP contribution < -0.4 is 16.4 Å². The largest absolute Gasteiger partial charge is 0.368 e. The molecule has 0 radical (unpaired) electrons. The lowest BCUT2D eigenvalue weighted by atomic mass is 9.98. The zero-order chi connectivity index (χ0) is 34.5. The molecule has 0 aliphatic heterocycles. The van der Waals surface area contributed by atoms with Crippen LogP contribution in [0.1, 0.15) is 79.1 Å². The summed E-state index contributed by atoms with van der Waals surface area (Å²) in [7, 11) is 1.79. The van der Waals surface area contributed by atoms with E-state index in [1.807, 2.05) is 51.1 Å². The number of hydrogen-bond donors (Lipinski definition) is 3. The number of terminal acetylenes is 1. The van der Waals surface area contributed by atoms with Gasteiger partial charge < -0.3 is 16.4 Å². The first-order valence-corrected chi connectivity index (χ1v) is 17.4. The molecule has 8 nitrogen and oxygen atoms in total. The number of nitrogens with two attached hydrogens (primary N) is 1. The number of ketones is 1. The average Bonchev–Trinajstić information content (AvgIpc) is 3.52. The molecule has 4 N–H and O–H groups in total. The van der Waals surface area contributed by atoms with Gasteiger partial charge in [-0.25, -0.2) is 4.98 Å². The maximum Gasteiger partial charge on any atom is 0.260 e. The fraction of sp³-hybridized carbons (Fsp3) is 0.514. The van der Waals surface area contributed by atoms with Crippen LogP contribution in [-0.2, 0) is 14.4 Å². The van der Waals surface area contributed by atoms with E-state index in [9.17, 15) is 14.4 Å². The maximum atomic E-state index is 12.2. The summed E-state index contributed by atoms with van der Waals surface area (Å²) in [6, 6.07) is 5.26. The molecule has 250 valence electrons. The van der Waals surface area contributed by atoms with Gasteiger partial charge in [0.15, 0.2) is 0 Å². The van der Waals surface area contributed by atoms with Crippen molar-refractivity contribution in [1.82, 2.24) is 15.6 Å². The van der Waals surface area contributed by atoms with Gasteiger partial charge in [-0.1, -0.05) is 49.5 Å². The van der Waals surface area contributed by atoms with Crippen molar-refractivity contribution < 1.29 is 14.4 Å². The van der Waals surface area contributed by atoms with Gasteiger partial charge in [-0.15, -0.1) is 42.4 Å². The molecular formula is C35H55N5O3S2. The molecule has 10 heteroatoms. The van der Waals surface area contributed by atoms with Crippen LogP contribution in [0, 0.1) is 18.3 Å². The number of aromatic nitrogens is 1. The van der Waals surface area contributed by atoms with Crippen LogP contribution in [-0.4, -0.2) is 60.9 Å². The second kappa shape index (κ2) is 29.6. The zero-order valence-corrected chi connectivity index (χ0v) is 29.8. The average molecular weight is 658 g/mol. The van der Waals surface area contributed by atoms with E-state index in [0.29, 0.717) is 35.9 Å². The van der Waals surface area contributed by atoms with Crippen LogP contribution in [0.5, 0.6) is 0 Å². The number of allylic oxidation sites excluding steroid dienone is 4. The summed E-state index contributed by atoms with van der Waals surface area (Å²) in [6.45, 7) is 15.1. The van der Waals surface area contributed by atoms with Gasteiger partial charge in [-0.3, -0.25) is 19.4 Å². The second-order valence-electron chi connectivity index (χ2n) is 10.5. The van der Waals surface area contributed by atoms with Gasteiger partial charge in [0.2, 0.25) is 5.91 Å². The Kier molecular flexibility index (Phi) is 28.9. The first-order valence-electron chi connectivity index (χ1n) is 15.2. The summed E-state index contributed by atoms with van der Waals surface area (Å²) in [5.41, 5.74) is 7.12. The molecule has 1 aromatic heterocycles. The van der Waals surface area contributed by atoms with Crippen LogP contribution in [0.2, 0.25) is 0 Å². The number of rotatable bonds is 15. The number of primary amides is 1. The minimum absolute atomic E-state index is 0.277. The van der Waals surface area contributed by atoms with Crippen LogP contribution >= 0.6 is 23.5 Å². The Morgan fingerprint density at radius 1 is 1.24 bits per heavy atom. The molecule has 0 bridgehead atoms. The quantitative estimate of drug-likeness (QED) is 0.0476. The normalized spacial score (nSPS) is 13.3. The highest BCUT2D eigenvalue weighted by Crippen LogP contribution is 2.29. The molecule has 0 aromatic carbocycles. The van der Waals surface area contributed by atoms with Crippen molar-refractivity contribution in [2.24, 2.45) is 16.6 Å². The number of carbonyl (C=O) groups excluding carboxylic acids is 3. The third kappa shape index (κ3) is 25.9. The standard InChI is InChI=1S/C14H23N3O2S.C11H16N2OS.C6H8.C4H8/c1-9(16-2)12(20-3)14(19)17-11(13(15)18)8-10-6-4-5-7-10;1-12-9-10(14)5-4-8-15-11-6-2-3-7-13-11;1-3-5-6-4-2;1-4(2)3/h10-11H,2,4-8H2,1,3H3,(H2,15,18)(H,17,19);2-3,6-7,12H,4-5,8-9H2,1H3;1,4,6H,5H2,2H3;1H2,2-3H3/b12-9-;;6-4-;. The maximum absolute atomic E-state index is 12.2. The van der Waals surface area contributed by atoms with Crippen molar-refractivity contribution in [2.75, 3.05) is 25.6 Å². The molecule has 1 unspecified atom stereocenters. The number of Topliss-reactive ketones (excluding diaryl/α,β-unsaturated/α-hetero) is 1. The van der Waals surface area contributed by atoms with E-state index in [0.717, 1.165) is 36.5 Å². The third-order valence-corrected chi connectivity index (χ3v) is 7.92. The molecule has 0 saturated heterocycles. The molecular weight excluding hydrogens is 603 g/mol. The first-order chi connectivity index (χ1) is 21.5. The predicted molar refractivity (Wildman–Crippen MR) is 195 cm³/mol. The number of pyridine rings is 1. The number of hydrogen-bond acceptors (Lipinski definition) is 8. The first kappa shape index (κ1) is 44.0. The molecule has 1 heterocycles. The predicted octanol–water partition coefficient (Wildman–Crippen LogP) is 6.74. The number of likely N-dealkylation sites (N-methyl/N-ethyl adjacent to an activating group) is 1. The number of aliphatic imine (C=N–C) groups is 1. The number of thioether (sulfide) groups is 2. The molecule has 1 fully saturated rings. The fourth-order valence-electron chi connectivity index (χ4n) is 3.88. The van der Waals surface area contributed by atoms with Crippen LogP contribution in [0.15, 0.2) is 69.3 Å². The van der Waals surface area contributed by atoms with E-state index in [4.69, 9.17) is 12.2 Å². The molecule has 45 heavy (non-hydrogen) atoms. The molecule has 1 aliphatic carbocycles. The lowest BCUT2D eigenvalue weighted by molar-refractivity contribution is -0.125. The van der Waals surface area contributed by atoms with Crippen molar-refractivity contribution >= 4 is 47.8 Å². The molecule has 0 spiro atoms. The molecule has 1 aliphatic rings. The summed E-state index contributed by atoms with van der Waals surface area (Å²) in [5.74, 6) is 3.41. The minimum Gasteiger partial charge on any atom is -0.368 e. The van der Waals surface area contributed by atoms with E-state index in [-0.39, 0.29) is 11.7 Å². The van der Waals surface area contributed by atoms with Gasteiger partial charge in [0.25, 0.3) is 5.91 Å². The summed E-state index contributed by atoms with van der Waals surface area (Å²) in [4.78, 5) is 43.3. The highest BCUT2D eigenvalue weighted by atomic mass is 32.2. The zero-order valence-electron chi connectivity index (χ0n) is 28.2. The van der Waals surface area contributed by atoms with Crippen molar-refractivity contribution in [3.05, 3.63) is 59.3 Å². The number of nitrogens with one attached hydrogen (secondary N) is 2. The van der Waals surface area contributed by atoms with E-state index in [2.05, 4.69) is 39.8 Å². The van der Waals surface area contributed by atoms with Gasteiger partial charge in [0, 0.05) is 19.0 Å². The van der Waals surface area contributed by atoms with E-state index in [1.54, 1.807) is 38.2 Å². The number of amides is 2. The van der Waals surface area contributed by atoms with Gasteiger partial charge in [0.1, 0.15) is 11.8 Å². The van der Waals surface area contributed by atoms with Crippen LogP contribution in [0.3, 0.4) is 0 Å². The monoisotopic (exact) mass is 657 g/mol. The van der Waals surface area contributed by atoms with Crippen molar-refractivity contribution in [3.8, 4) is 12.3 Å². The van der Waals surface area contributed by atoms with E-state index >= 15 is 0 Å². The van der Waals surface area contributed by atoms with E-state index < -0.39 is 11.9 Å². The molecule has 1 atom stereocenters. The number of nitrogens with zero attached hydrogens (tertiary/aromatic N) is 2. The number of carbonyl (C=O) groups is 3. The highest BCUT2D eigenvalue weighted by molar-refractivity contribution is 8.03. The molecule has 2 amide bonds. The van der Waals surface area contributed by atoms with Gasteiger partial charge in [-0.05, 0) is 84.4 Å². The van der Waals surface area contributed by atoms with Gasteiger partial charge in [-0.2, -0.15) is 0 Å². The minimum atomic E-state index is -0.606. The second-order valence-corrected chi connectivity index (χ2v) is 12.4. The third-order valence-electron chi connectivity index (χ3n) is 6.00. The Labute approximate surface area is 281 Å². The summed E-state index contributed by atoms with van der Waals surface area (Å²) >= 11 is 2.99. The van der Waals surface area contributed by atoms with Gasteiger partial charge >= 0.3 is 0 Å². The summed E-state index contributed by atoms with van der Waals surface area (Å²) < 4.78 is 0. The Balaban J connectivity index is 0. The Morgan fingerprint density at radius 3 is 2.33 bits per heavy atom.